The maximum atomic E-state index is 12.3. The Morgan fingerprint density at radius 2 is 1.84 bits per heavy atom. The molecule has 9 heteroatoms. The number of hydrogen-bond donors (Lipinski definition) is 0. The van der Waals surface area contributed by atoms with E-state index in [9.17, 15) is 23.3 Å². The second-order valence-corrected chi connectivity index (χ2v) is 7.20. The molecule has 0 fully saturated rings. The Kier molecular flexibility index (Phi) is 5.76. The van der Waals surface area contributed by atoms with Gasteiger partial charge < -0.3 is 8.98 Å². The lowest BCUT2D eigenvalue weighted by Gasteiger charge is -2.08. The average Bonchev–Trinajstić information content (AvgIpc) is 2.53. The molecular formula is C16H14ClNO6S. The van der Waals surface area contributed by atoms with E-state index in [0.717, 1.165) is 17.7 Å². The first-order chi connectivity index (χ1) is 11.7. The van der Waals surface area contributed by atoms with E-state index in [4.69, 9.17) is 15.8 Å². The van der Waals surface area contributed by atoms with Gasteiger partial charge in [-0.25, -0.2) is 0 Å². The summed E-state index contributed by atoms with van der Waals surface area (Å²) in [5.41, 5.74) is 0.183. The number of nitro groups is 1. The van der Waals surface area contributed by atoms with E-state index in [1.807, 2.05) is 0 Å². The van der Waals surface area contributed by atoms with E-state index in [-0.39, 0.29) is 16.6 Å². The second-order valence-electron chi connectivity index (χ2n) is 5.25. The Bertz CT molecular complexity index is 909. The summed E-state index contributed by atoms with van der Waals surface area (Å²) < 4.78 is 29.6. The number of rotatable bonds is 7. The molecule has 25 heavy (non-hydrogen) atoms. The van der Waals surface area contributed by atoms with Crippen LogP contribution in [0.25, 0.3) is 0 Å². The monoisotopic (exact) mass is 383 g/mol. The summed E-state index contributed by atoms with van der Waals surface area (Å²) in [6, 6.07) is 9.31. The maximum absolute atomic E-state index is 12.3. The van der Waals surface area contributed by atoms with Gasteiger partial charge in [0.05, 0.1) is 4.92 Å². The fourth-order valence-corrected chi connectivity index (χ4v) is 3.29. The molecule has 0 bridgehead atoms. The van der Waals surface area contributed by atoms with Crippen LogP contribution in [-0.2, 0) is 21.3 Å². The van der Waals surface area contributed by atoms with Gasteiger partial charge in [-0.1, -0.05) is 23.7 Å². The van der Waals surface area contributed by atoms with E-state index >= 15 is 0 Å². The summed E-state index contributed by atoms with van der Waals surface area (Å²) >= 11 is 5.68. The quantitative estimate of drug-likeness (QED) is 0.411. The van der Waals surface area contributed by atoms with E-state index < -0.39 is 25.6 Å². The third-order valence-corrected chi connectivity index (χ3v) is 4.81. The summed E-state index contributed by atoms with van der Waals surface area (Å²) in [6.07, 6.45) is 0.917. The maximum Gasteiger partial charge on any atom is 0.346 e. The number of ketones is 1. The molecule has 0 unspecified atom stereocenters. The number of hydrogen-bond acceptors (Lipinski definition) is 6. The lowest BCUT2D eigenvalue weighted by atomic mass is 10.1. The molecule has 0 saturated heterocycles. The molecule has 0 spiro atoms. The van der Waals surface area contributed by atoms with Crippen LogP contribution in [0, 0.1) is 10.1 Å². The van der Waals surface area contributed by atoms with Gasteiger partial charge in [-0.05, 0) is 43.2 Å². The van der Waals surface area contributed by atoms with Crippen LogP contribution in [0.15, 0.2) is 47.4 Å². The number of nitrogens with zero attached hydrogens (tertiary/aromatic N) is 1. The Morgan fingerprint density at radius 1 is 1.20 bits per heavy atom. The highest BCUT2D eigenvalue weighted by molar-refractivity contribution is 7.87. The van der Waals surface area contributed by atoms with Gasteiger partial charge in [-0.3, -0.25) is 10.1 Å². The first kappa shape index (κ1) is 18.9. The first-order valence-corrected chi connectivity index (χ1v) is 8.94. The molecule has 132 valence electrons. The molecule has 7 nitrogen and oxygen atoms in total. The van der Waals surface area contributed by atoms with Crippen LogP contribution < -0.4 is 4.18 Å². The van der Waals surface area contributed by atoms with Crippen molar-refractivity contribution < 1.29 is 22.3 Å². The zero-order valence-corrected chi connectivity index (χ0v) is 14.7. The van der Waals surface area contributed by atoms with E-state index in [1.165, 1.54) is 25.1 Å². The van der Waals surface area contributed by atoms with Crippen molar-refractivity contribution in [2.24, 2.45) is 0 Å². The van der Waals surface area contributed by atoms with Crippen molar-refractivity contribution in [3.63, 3.8) is 0 Å². The number of benzene rings is 2. The molecule has 0 radical (unpaired) electrons. The molecule has 0 saturated carbocycles. The lowest BCUT2D eigenvalue weighted by molar-refractivity contribution is -0.387. The third-order valence-electron chi connectivity index (χ3n) is 3.28. The SMILES string of the molecule is CC(=O)CCc1ccc(OS(=O)(=O)c2ccc(Cl)cc2[N+](=O)[O-])cc1. The van der Waals surface area contributed by atoms with Crippen molar-refractivity contribution in [2.45, 2.75) is 24.7 Å². The molecule has 0 aliphatic carbocycles. The van der Waals surface area contributed by atoms with Gasteiger partial charge in [0.25, 0.3) is 5.69 Å². The summed E-state index contributed by atoms with van der Waals surface area (Å²) in [4.78, 5) is 20.6. The molecular weight excluding hydrogens is 370 g/mol. The highest BCUT2D eigenvalue weighted by Crippen LogP contribution is 2.29. The molecule has 0 aromatic heterocycles. The minimum atomic E-state index is -4.40. The standard InChI is InChI=1S/C16H14ClNO6S/c1-11(19)2-3-12-4-7-14(8-5-12)24-25(22,23)16-9-6-13(17)10-15(16)18(20)21/h4-10H,2-3H2,1H3. The van der Waals surface area contributed by atoms with Crippen molar-refractivity contribution in [2.75, 3.05) is 0 Å². The van der Waals surface area contributed by atoms with Crippen LogP contribution in [0.5, 0.6) is 5.75 Å². The van der Waals surface area contributed by atoms with Gasteiger partial charge >= 0.3 is 10.1 Å². The fraction of sp³-hybridized carbons (Fsp3) is 0.188. The highest BCUT2D eigenvalue weighted by atomic mass is 35.5. The van der Waals surface area contributed by atoms with Crippen LogP contribution >= 0.6 is 11.6 Å². The Balaban J connectivity index is 2.24. The van der Waals surface area contributed by atoms with Crippen molar-refractivity contribution in [3.8, 4) is 5.75 Å². The van der Waals surface area contributed by atoms with Crippen LogP contribution in [-0.4, -0.2) is 19.1 Å². The molecule has 0 heterocycles. The number of Topliss-reactive ketones (excluding diaryl/α,β-unsaturated/α-hetero) is 1. The van der Waals surface area contributed by atoms with Gasteiger partial charge in [0, 0.05) is 17.5 Å². The van der Waals surface area contributed by atoms with E-state index in [2.05, 4.69) is 0 Å². The highest BCUT2D eigenvalue weighted by Gasteiger charge is 2.28. The molecule has 0 aliphatic heterocycles. The average molecular weight is 384 g/mol. The molecule has 2 aromatic rings. The van der Waals surface area contributed by atoms with Gasteiger partial charge in [0.15, 0.2) is 4.90 Å². The minimum Gasteiger partial charge on any atom is -0.379 e. The van der Waals surface area contributed by atoms with Crippen molar-refractivity contribution in [1.82, 2.24) is 0 Å². The Hall–Kier alpha value is -2.45. The second kappa shape index (κ2) is 7.62. The van der Waals surface area contributed by atoms with Gasteiger partial charge in [-0.15, -0.1) is 0 Å². The third kappa shape index (κ3) is 5.01. The van der Waals surface area contributed by atoms with Crippen LogP contribution in [0.4, 0.5) is 5.69 Å². The molecule has 0 amide bonds. The van der Waals surface area contributed by atoms with Gasteiger partial charge in [0.1, 0.15) is 11.5 Å². The Labute approximate surface area is 149 Å². The normalized spacial score (nSPS) is 11.1. The van der Waals surface area contributed by atoms with E-state index in [0.29, 0.717) is 12.8 Å². The number of carbonyl (C=O) groups is 1. The summed E-state index contributed by atoms with van der Waals surface area (Å²) in [6.45, 7) is 1.49. The topological polar surface area (TPSA) is 104 Å². The summed E-state index contributed by atoms with van der Waals surface area (Å²) in [5, 5.41) is 11.1. The molecule has 2 aromatic carbocycles. The number of aryl methyl sites for hydroxylation is 1. The number of carbonyl (C=O) groups excluding carboxylic acids is 1. The number of halogens is 1. The molecule has 0 N–H and O–H groups in total. The smallest absolute Gasteiger partial charge is 0.346 e. The predicted molar refractivity (Wildman–Crippen MR) is 91.4 cm³/mol. The van der Waals surface area contributed by atoms with Gasteiger partial charge in [-0.2, -0.15) is 8.42 Å². The fourth-order valence-electron chi connectivity index (χ4n) is 2.05. The predicted octanol–water partition coefficient (Wildman–Crippen LogP) is 3.54. The lowest BCUT2D eigenvalue weighted by Crippen LogP contribution is -2.12. The molecule has 0 aliphatic rings. The molecule has 0 atom stereocenters. The summed E-state index contributed by atoms with van der Waals surface area (Å²) in [7, 11) is -4.40. The van der Waals surface area contributed by atoms with Crippen LogP contribution in [0.1, 0.15) is 18.9 Å². The summed E-state index contributed by atoms with van der Waals surface area (Å²) in [5.74, 6) is 0.0637. The Morgan fingerprint density at radius 3 is 2.40 bits per heavy atom. The largest absolute Gasteiger partial charge is 0.379 e. The van der Waals surface area contributed by atoms with Crippen LogP contribution in [0.3, 0.4) is 0 Å². The minimum absolute atomic E-state index is 0.0100. The van der Waals surface area contributed by atoms with Crippen LogP contribution in [0.2, 0.25) is 5.02 Å². The van der Waals surface area contributed by atoms with Crippen molar-refractivity contribution in [1.29, 1.82) is 0 Å². The van der Waals surface area contributed by atoms with Crippen molar-refractivity contribution in [3.05, 3.63) is 63.2 Å². The van der Waals surface area contributed by atoms with Crippen molar-refractivity contribution >= 4 is 33.2 Å². The van der Waals surface area contributed by atoms with E-state index in [1.54, 1.807) is 12.1 Å². The molecule has 2 rings (SSSR count). The zero-order valence-electron chi connectivity index (χ0n) is 13.1. The first-order valence-electron chi connectivity index (χ1n) is 7.16. The number of nitro benzene ring substituents is 1. The van der Waals surface area contributed by atoms with Gasteiger partial charge in [0.2, 0.25) is 0 Å². The zero-order chi connectivity index (χ0) is 18.6.